The molecule has 0 spiro atoms. The Morgan fingerprint density at radius 2 is 1.71 bits per heavy atom. The van der Waals surface area contributed by atoms with E-state index >= 15 is 0 Å². The fraction of sp³-hybridized carbons (Fsp3) is 1.00. The van der Waals surface area contributed by atoms with Gasteiger partial charge in [0.15, 0.2) is 0 Å². The van der Waals surface area contributed by atoms with Gasteiger partial charge in [-0.15, -0.1) is 0 Å². The molecule has 3 heteroatoms. The molecule has 2 nitrogen and oxygen atoms in total. The molecule has 1 aliphatic rings. The molecule has 102 valence electrons. The average Bonchev–Trinajstić information content (AvgIpc) is 2.86. The predicted molar refractivity (Wildman–Crippen MR) is 78.0 cm³/mol. The van der Waals surface area contributed by atoms with Gasteiger partial charge in [0, 0.05) is 18.0 Å². The Kier molecular flexibility index (Phi) is 9.40. The molecule has 0 saturated carbocycles. The third-order valence-corrected chi connectivity index (χ3v) is 4.23. The van der Waals surface area contributed by atoms with E-state index < -0.39 is 0 Å². The van der Waals surface area contributed by atoms with Crippen LogP contribution >= 0.6 is 15.9 Å². The summed E-state index contributed by atoms with van der Waals surface area (Å²) in [5, 5.41) is 1.17. The van der Waals surface area contributed by atoms with Gasteiger partial charge in [0.2, 0.25) is 0 Å². The second-order valence-electron chi connectivity index (χ2n) is 5.16. The van der Waals surface area contributed by atoms with Gasteiger partial charge in [0.25, 0.3) is 0 Å². The maximum atomic E-state index is 5.42. The molecule has 1 atom stereocenters. The molecule has 1 fully saturated rings. The fourth-order valence-electron chi connectivity index (χ4n) is 2.39. The lowest BCUT2D eigenvalue weighted by atomic mass is 10.1. The Labute approximate surface area is 115 Å². The zero-order valence-electron chi connectivity index (χ0n) is 11.3. The lowest BCUT2D eigenvalue weighted by Crippen LogP contribution is -2.32. The molecule has 17 heavy (non-hydrogen) atoms. The second kappa shape index (κ2) is 10.3. The van der Waals surface area contributed by atoms with E-state index in [0.29, 0.717) is 6.04 Å². The first-order chi connectivity index (χ1) is 8.34. The van der Waals surface area contributed by atoms with Crippen LogP contribution in [-0.4, -0.2) is 43.1 Å². The topological polar surface area (TPSA) is 12.5 Å². The lowest BCUT2D eigenvalue weighted by Gasteiger charge is -2.22. The van der Waals surface area contributed by atoms with Crippen molar-refractivity contribution in [2.75, 3.05) is 32.1 Å². The molecule has 0 aromatic heterocycles. The number of nitrogens with zero attached hydrogens (tertiary/aromatic N) is 1. The quantitative estimate of drug-likeness (QED) is 0.449. The smallest absolute Gasteiger partial charge is 0.0622 e. The van der Waals surface area contributed by atoms with Gasteiger partial charge in [-0.05, 0) is 32.9 Å². The van der Waals surface area contributed by atoms with E-state index in [1.807, 2.05) is 0 Å². The van der Waals surface area contributed by atoms with Gasteiger partial charge < -0.3 is 9.64 Å². The minimum Gasteiger partial charge on any atom is -0.380 e. The van der Waals surface area contributed by atoms with Crippen LogP contribution in [0.2, 0.25) is 0 Å². The minimum absolute atomic E-state index is 0.689. The summed E-state index contributed by atoms with van der Waals surface area (Å²) in [5.74, 6) is 0. The van der Waals surface area contributed by atoms with Crippen LogP contribution in [-0.2, 0) is 4.74 Å². The molecule has 0 aliphatic carbocycles. The highest BCUT2D eigenvalue weighted by Gasteiger charge is 2.19. The van der Waals surface area contributed by atoms with Gasteiger partial charge >= 0.3 is 0 Å². The number of likely N-dealkylation sites (N-methyl/N-ethyl adjacent to an activating group) is 1. The average molecular weight is 306 g/mol. The molecule has 1 unspecified atom stereocenters. The maximum Gasteiger partial charge on any atom is 0.0622 e. The van der Waals surface area contributed by atoms with Gasteiger partial charge in [0.1, 0.15) is 0 Å². The van der Waals surface area contributed by atoms with E-state index in [1.165, 1.54) is 63.2 Å². The summed E-state index contributed by atoms with van der Waals surface area (Å²) < 4.78 is 5.42. The Hall–Kier alpha value is 0.400. The highest BCUT2D eigenvalue weighted by molar-refractivity contribution is 9.09. The first kappa shape index (κ1) is 15.5. The van der Waals surface area contributed by atoms with E-state index in [1.54, 1.807) is 0 Å². The molecule has 1 heterocycles. The molecule has 1 saturated heterocycles. The largest absolute Gasteiger partial charge is 0.380 e. The standard InChI is InChI=1S/C14H28BrNO/c1-16(14-9-12-17-13-14)11-8-6-4-2-3-5-7-10-15/h14H,2-13H2,1H3. The molecule has 0 radical (unpaired) electrons. The van der Waals surface area contributed by atoms with Crippen molar-refractivity contribution in [3.63, 3.8) is 0 Å². The van der Waals surface area contributed by atoms with E-state index in [0.717, 1.165) is 13.2 Å². The van der Waals surface area contributed by atoms with Crippen LogP contribution in [0.15, 0.2) is 0 Å². The Balaban J connectivity index is 1.83. The highest BCUT2D eigenvalue weighted by Crippen LogP contribution is 2.12. The minimum atomic E-state index is 0.689. The fourth-order valence-corrected chi connectivity index (χ4v) is 2.79. The molecule has 0 aromatic carbocycles. The van der Waals surface area contributed by atoms with Crippen LogP contribution in [0.4, 0.5) is 0 Å². The molecular weight excluding hydrogens is 278 g/mol. The SMILES string of the molecule is CN(CCCCCCCCCBr)C1CCOC1. The first-order valence-electron chi connectivity index (χ1n) is 7.18. The number of unbranched alkanes of at least 4 members (excludes halogenated alkanes) is 6. The van der Waals surface area contributed by atoms with Gasteiger partial charge in [-0.2, -0.15) is 0 Å². The maximum absolute atomic E-state index is 5.42. The van der Waals surface area contributed by atoms with Crippen molar-refractivity contribution >= 4 is 15.9 Å². The molecule has 1 aliphatic heterocycles. The molecule has 0 aromatic rings. The molecule has 0 amide bonds. The lowest BCUT2D eigenvalue weighted by molar-refractivity contribution is 0.158. The zero-order chi connectivity index (χ0) is 12.3. The normalized spacial score (nSPS) is 20.3. The van der Waals surface area contributed by atoms with Crippen LogP contribution in [0.3, 0.4) is 0 Å². The van der Waals surface area contributed by atoms with Gasteiger partial charge in [-0.3, -0.25) is 0 Å². The third-order valence-electron chi connectivity index (χ3n) is 3.67. The van der Waals surface area contributed by atoms with Crippen LogP contribution in [0.5, 0.6) is 0 Å². The summed E-state index contributed by atoms with van der Waals surface area (Å²) >= 11 is 3.48. The van der Waals surface area contributed by atoms with Crippen molar-refractivity contribution in [3.05, 3.63) is 0 Å². The molecule has 0 N–H and O–H groups in total. The zero-order valence-corrected chi connectivity index (χ0v) is 12.9. The Bertz CT molecular complexity index is 172. The van der Waals surface area contributed by atoms with Crippen LogP contribution < -0.4 is 0 Å². The number of alkyl halides is 1. The van der Waals surface area contributed by atoms with Crippen LogP contribution in [0, 0.1) is 0 Å². The van der Waals surface area contributed by atoms with Gasteiger partial charge in [0.05, 0.1) is 6.61 Å². The Morgan fingerprint density at radius 3 is 2.29 bits per heavy atom. The van der Waals surface area contributed by atoms with Crippen LogP contribution in [0.1, 0.15) is 51.4 Å². The predicted octanol–water partition coefficient (Wildman–Crippen LogP) is 3.83. The number of rotatable bonds is 10. The number of halogens is 1. The van der Waals surface area contributed by atoms with E-state index in [-0.39, 0.29) is 0 Å². The van der Waals surface area contributed by atoms with Crippen molar-refractivity contribution in [1.29, 1.82) is 0 Å². The van der Waals surface area contributed by atoms with E-state index in [9.17, 15) is 0 Å². The number of hydrogen-bond acceptors (Lipinski definition) is 2. The molecule has 1 rings (SSSR count). The summed E-state index contributed by atoms with van der Waals surface area (Å²) in [6, 6.07) is 0.689. The highest BCUT2D eigenvalue weighted by atomic mass is 79.9. The summed E-state index contributed by atoms with van der Waals surface area (Å²) in [6.07, 6.45) is 11.0. The van der Waals surface area contributed by atoms with E-state index in [4.69, 9.17) is 4.74 Å². The summed E-state index contributed by atoms with van der Waals surface area (Å²) in [6.45, 7) is 3.15. The summed E-state index contributed by atoms with van der Waals surface area (Å²) in [7, 11) is 2.25. The number of hydrogen-bond donors (Lipinski definition) is 0. The van der Waals surface area contributed by atoms with Crippen molar-refractivity contribution in [3.8, 4) is 0 Å². The summed E-state index contributed by atoms with van der Waals surface area (Å²) in [5.41, 5.74) is 0. The van der Waals surface area contributed by atoms with Crippen molar-refractivity contribution < 1.29 is 4.74 Å². The van der Waals surface area contributed by atoms with Crippen molar-refractivity contribution in [2.45, 2.75) is 57.4 Å². The monoisotopic (exact) mass is 305 g/mol. The third kappa shape index (κ3) is 7.43. The van der Waals surface area contributed by atoms with Crippen molar-refractivity contribution in [1.82, 2.24) is 4.90 Å². The Morgan fingerprint density at radius 1 is 1.06 bits per heavy atom. The number of ether oxygens (including phenoxy) is 1. The van der Waals surface area contributed by atoms with Crippen LogP contribution in [0.25, 0.3) is 0 Å². The second-order valence-corrected chi connectivity index (χ2v) is 5.95. The first-order valence-corrected chi connectivity index (χ1v) is 8.30. The van der Waals surface area contributed by atoms with Crippen molar-refractivity contribution in [2.24, 2.45) is 0 Å². The van der Waals surface area contributed by atoms with Gasteiger partial charge in [-0.25, -0.2) is 0 Å². The summed E-state index contributed by atoms with van der Waals surface area (Å²) in [4.78, 5) is 2.48. The molecular formula is C14H28BrNO. The van der Waals surface area contributed by atoms with E-state index in [2.05, 4.69) is 27.9 Å². The van der Waals surface area contributed by atoms with Gasteiger partial charge in [-0.1, -0.05) is 48.0 Å². The molecule has 0 bridgehead atoms.